The second-order valence-corrected chi connectivity index (χ2v) is 11.1. The summed E-state index contributed by atoms with van der Waals surface area (Å²) in [5, 5.41) is 0. The second kappa shape index (κ2) is 12.0. The van der Waals surface area contributed by atoms with E-state index < -0.39 is 17.2 Å². The van der Waals surface area contributed by atoms with Crippen molar-refractivity contribution in [2.24, 2.45) is 28.9 Å². The molecule has 0 unspecified atom stereocenters. The molecule has 172 valence electrons. The smallest absolute Gasteiger partial charge is 0.264 e. The van der Waals surface area contributed by atoms with Crippen molar-refractivity contribution in [1.82, 2.24) is 4.98 Å². The predicted molar refractivity (Wildman–Crippen MR) is 133 cm³/mol. The molecule has 0 aliphatic heterocycles. The zero-order valence-corrected chi connectivity index (χ0v) is 21.0. The van der Waals surface area contributed by atoms with Crippen LogP contribution in [0.1, 0.15) is 58.1 Å². The number of hydrogen-bond donors (Lipinski definition) is 1. The fourth-order valence-electron chi connectivity index (χ4n) is 3.58. The minimum Gasteiger partial charge on any atom is -0.434 e. The molecule has 0 saturated carbocycles. The molecule has 1 aromatic heterocycles. The van der Waals surface area contributed by atoms with E-state index in [4.69, 9.17) is 10.2 Å². The van der Waals surface area contributed by atoms with Crippen LogP contribution >= 0.6 is 23.5 Å². The molecular formula is C24H36N2O3S2. The van der Waals surface area contributed by atoms with Crippen LogP contribution in [0.25, 0.3) is 11.1 Å². The summed E-state index contributed by atoms with van der Waals surface area (Å²) in [5.41, 5.74) is 6.35. The third-order valence-corrected chi connectivity index (χ3v) is 8.42. The minimum absolute atomic E-state index is 0.0768. The van der Waals surface area contributed by atoms with E-state index in [9.17, 15) is 9.59 Å². The molecule has 1 amide bonds. The molecule has 0 saturated heterocycles. The minimum atomic E-state index is -0.938. The Labute approximate surface area is 194 Å². The molecule has 0 fully saturated rings. The number of nitrogens with zero attached hydrogens (tertiary/aromatic N) is 1. The van der Waals surface area contributed by atoms with Crippen LogP contribution in [0.4, 0.5) is 0 Å². The van der Waals surface area contributed by atoms with Crippen molar-refractivity contribution in [3.05, 3.63) is 30.2 Å². The number of Topliss-reactive ketones (excluding diaryl/α,β-unsaturated/α-hetero) is 1. The van der Waals surface area contributed by atoms with E-state index in [0.29, 0.717) is 40.9 Å². The van der Waals surface area contributed by atoms with E-state index >= 15 is 0 Å². The van der Waals surface area contributed by atoms with E-state index in [1.165, 1.54) is 0 Å². The van der Waals surface area contributed by atoms with Crippen LogP contribution in [0.2, 0.25) is 0 Å². The van der Waals surface area contributed by atoms with Crippen LogP contribution in [0, 0.1) is 23.2 Å². The SMILES string of the molecule is CCC[C@H](C(=O)c1nc2ccccc2o1)C(CSCC(C)C)(CSCC(C)C)C(N)=O. The third kappa shape index (κ3) is 6.75. The van der Waals surface area contributed by atoms with Gasteiger partial charge in [0.15, 0.2) is 5.58 Å². The van der Waals surface area contributed by atoms with Crippen LogP contribution in [-0.2, 0) is 4.79 Å². The highest BCUT2D eigenvalue weighted by molar-refractivity contribution is 8.00. The topological polar surface area (TPSA) is 86.2 Å². The number of hydrogen-bond acceptors (Lipinski definition) is 6. The summed E-state index contributed by atoms with van der Waals surface area (Å²) in [7, 11) is 0. The van der Waals surface area contributed by atoms with Gasteiger partial charge in [0, 0.05) is 17.4 Å². The van der Waals surface area contributed by atoms with Gasteiger partial charge in [-0.05, 0) is 41.9 Å². The fraction of sp³-hybridized carbons (Fsp3) is 0.625. The Morgan fingerprint density at radius 3 is 2.13 bits per heavy atom. The summed E-state index contributed by atoms with van der Waals surface area (Å²) in [6, 6.07) is 7.33. The Morgan fingerprint density at radius 2 is 1.65 bits per heavy atom. The largest absolute Gasteiger partial charge is 0.434 e. The highest BCUT2D eigenvalue weighted by Crippen LogP contribution is 2.41. The Hall–Kier alpha value is -1.47. The van der Waals surface area contributed by atoms with Crippen molar-refractivity contribution in [2.75, 3.05) is 23.0 Å². The number of primary amides is 1. The molecule has 1 aromatic carbocycles. The summed E-state index contributed by atoms with van der Waals surface area (Å²) in [6.45, 7) is 10.6. The number of ketones is 1. The van der Waals surface area contributed by atoms with Crippen molar-refractivity contribution in [1.29, 1.82) is 0 Å². The van der Waals surface area contributed by atoms with Crippen LogP contribution in [0.5, 0.6) is 0 Å². The third-order valence-electron chi connectivity index (χ3n) is 5.18. The van der Waals surface area contributed by atoms with Gasteiger partial charge in [0.05, 0.1) is 5.41 Å². The van der Waals surface area contributed by atoms with Gasteiger partial charge in [-0.2, -0.15) is 23.5 Å². The number of aromatic nitrogens is 1. The molecule has 7 heteroatoms. The first-order valence-corrected chi connectivity index (χ1v) is 13.4. The Morgan fingerprint density at radius 1 is 1.06 bits per heavy atom. The van der Waals surface area contributed by atoms with Gasteiger partial charge in [-0.15, -0.1) is 0 Å². The number of carbonyl (C=O) groups excluding carboxylic acids is 2. The zero-order chi connectivity index (χ0) is 23.0. The first-order chi connectivity index (χ1) is 14.7. The number of nitrogens with two attached hydrogens (primary N) is 1. The number of carbonyl (C=O) groups is 2. The predicted octanol–water partition coefficient (Wildman–Crippen LogP) is 5.68. The van der Waals surface area contributed by atoms with Gasteiger partial charge in [-0.1, -0.05) is 53.2 Å². The van der Waals surface area contributed by atoms with Gasteiger partial charge in [-0.3, -0.25) is 9.59 Å². The molecule has 2 aromatic rings. The second-order valence-electron chi connectivity index (χ2n) is 9.03. The van der Waals surface area contributed by atoms with Gasteiger partial charge in [0.25, 0.3) is 5.89 Å². The molecule has 5 nitrogen and oxygen atoms in total. The summed E-state index contributed by atoms with van der Waals surface area (Å²) in [4.78, 5) is 31.1. The molecule has 0 spiro atoms. The van der Waals surface area contributed by atoms with Gasteiger partial charge in [0.1, 0.15) is 5.52 Å². The average molecular weight is 465 g/mol. The lowest BCUT2D eigenvalue weighted by Crippen LogP contribution is -2.50. The first-order valence-electron chi connectivity index (χ1n) is 11.1. The number of para-hydroxylation sites is 2. The number of thioether (sulfide) groups is 2. The lowest BCUT2D eigenvalue weighted by molar-refractivity contribution is -0.127. The molecule has 1 atom stereocenters. The highest BCUT2D eigenvalue weighted by atomic mass is 32.2. The lowest BCUT2D eigenvalue weighted by atomic mass is 9.73. The molecule has 31 heavy (non-hydrogen) atoms. The van der Waals surface area contributed by atoms with E-state index in [2.05, 4.69) is 32.7 Å². The van der Waals surface area contributed by atoms with Crippen LogP contribution in [0.3, 0.4) is 0 Å². The molecule has 2 N–H and O–H groups in total. The van der Waals surface area contributed by atoms with Crippen molar-refractivity contribution in [2.45, 2.75) is 47.5 Å². The standard InChI is InChI=1S/C24H36N2O3S2/c1-6-9-18(21(27)22-26-19-10-7-8-11-20(19)29-22)24(23(25)28,14-30-12-16(2)3)15-31-13-17(4)5/h7-8,10-11,16-18H,6,9,12-15H2,1-5H3,(H2,25,28)/t18-/m1/s1. The summed E-state index contributed by atoms with van der Waals surface area (Å²) in [5.74, 6) is 2.79. The van der Waals surface area contributed by atoms with E-state index in [-0.39, 0.29) is 11.7 Å². The van der Waals surface area contributed by atoms with Crippen LogP contribution < -0.4 is 5.73 Å². The van der Waals surface area contributed by atoms with E-state index in [1.54, 1.807) is 29.6 Å². The Bertz CT molecular complexity index is 816. The molecule has 1 heterocycles. The average Bonchev–Trinajstić information content (AvgIpc) is 3.14. The Kier molecular flexibility index (Phi) is 9.94. The monoisotopic (exact) mass is 464 g/mol. The van der Waals surface area contributed by atoms with Gasteiger partial charge >= 0.3 is 0 Å². The van der Waals surface area contributed by atoms with Crippen LogP contribution in [0.15, 0.2) is 28.7 Å². The lowest BCUT2D eigenvalue weighted by Gasteiger charge is -2.37. The van der Waals surface area contributed by atoms with Crippen molar-refractivity contribution in [3.8, 4) is 0 Å². The Balaban J connectivity index is 2.43. The van der Waals surface area contributed by atoms with Gasteiger partial charge < -0.3 is 10.2 Å². The normalized spacial score (nSPS) is 13.3. The highest BCUT2D eigenvalue weighted by Gasteiger charge is 2.48. The number of rotatable bonds is 14. The number of oxazole rings is 1. The van der Waals surface area contributed by atoms with Crippen molar-refractivity contribution >= 4 is 46.3 Å². The first kappa shape index (κ1) is 25.8. The van der Waals surface area contributed by atoms with Crippen molar-refractivity contribution in [3.63, 3.8) is 0 Å². The summed E-state index contributed by atoms with van der Waals surface area (Å²) in [6.07, 6.45) is 1.35. The summed E-state index contributed by atoms with van der Waals surface area (Å²) >= 11 is 3.42. The maximum atomic E-state index is 13.7. The molecule has 0 aliphatic rings. The van der Waals surface area contributed by atoms with Crippen molar-refractivity contribution < 1.29 is 14.0 Å². The van der Waals surface area contributed by atoms with Gasteiger partial charge in [-0.25, -0.2) is 4.98 Å². The van der Waals surface area contributed by atoms with E-state index in [0.717, 1.165) is 17.9 Å². The van der Waals surface area contributed by atoms with Gasteiger partial charge in [0.2, 0.25) is 11.7 Å². The van der Waals surface area contributed by atoms with E-state index in [1.807, 2.05) is 25.1 Å². The fourth-order valence-corrected chi connectivity index (χ4v) is 6.51. The maximum absolute atomic E-state index is 13.7. The zero-order valence-electron chi connectivity index (χ0n) is 19.3. The summed E-state index contributed by atoms with van der Waals surface area (Å²) < 4.78 is 5.79. The number of amides is 1. The molecule has 0 radical (unpaired) electrons. The molecule has 2 rings (SSSR count). The molecular weight excluding hydrogens is 428 g/mol. The quantitative estimate of drug-likeness (QED) is 0.362. The maximum Gasteiger partial charge on any atom is 0.264 e. The molecule has 0 bridgehead atoms. The molecule has 0 aliphatic carbocycles. The number of fused-ring (bicyclic) bond motifs is 1. The number of benzene rings is 1. The van der Waals surface area contributed by atoms with Crippen LogP contribution in [-0.4, -0.2) is 39.7 Å².